The van der Waals surface area contributed by atoms with Gasteiger partial charge in [0, 0.05) is 32.2 Å². The number of nitrogens with one attached hydrogen (secondary N) is 1. The second kappa shape index (κ2) is 7.73. The van der Waals surface area contributed by atoms with Crippen LogP contribution in [0.15, 0.2) is 0 Å². The molecule has 1 saturated carbocycles. The lowest BCUT2D eigenvalue weighted by Crippen LogP contribution is -2.51. The van der Waals surface area contributed by atoms with Gasteiger partial charge in [-0.25, -0.2) is 8.42 Å². The summed E-state index contributed by atoms with van der Waals surface area (Å²) < 4.78 is 26.2. The monoisotopic (exact) mass is 303 g/mol. The van der Waals surface area contributed by atoms with E-state index in [9.17, 15) is 8.42 Å². The molecular weight excluding hydrogens is 274 g/mol. The van der Waals surface area contributed by atoms with Crippen LogP contribution in [0.2, 0.25) is 0 Å². The Balaban J connectivity index is 1.74. The Morgan fingerprint density at radius 1 is 1.05 bits per heavy atom. The molecule has 5 nitrogen and oxygen atoms in total. The molecule has 0 bridgehead atoms. The van der Waals surface area contributed by atoms with Gasteiger partial charge in [0.05, 0.1) is 5.75 Å². The van der Waals surface area contributed by atoms with E-state index in [0.717, 1.165) is 38.5 Å². The number of hydrogen-bond acceptors (Lipinski definition) is 4. The summed E-state index contributed by atoms with van der Waals surface area (Å²) in [6.07, 6.45) is 6.97. The first kappa shape index (κ1) is 16.2. The van der Waals surface area contributed by atoms with Crippen molar-refractivity contribution in [3.63, 3.8) is 0 Å². The summed E-state index contributed by atoms with van der Waals surface area (Å²) in [7, 11) is -1.13. The maximum atomic E-state index is 12.3. The van der Waals surface area contributed by atoms with E-state index in [1.54, 1.807) is 4.31 Å². The first-order valence-corrected chi connectivity index (χ1v) is 9.61. The number of nitrogens with zero attached hydrogens (tertiary/aromatic N) is 2. The zero-order chi connectivity index (χ0) is 14.4. The molecule has 0 aromatic heterocycles. The minimum absolute atomic E-state index is 0.304. The van der Waals surface area contributed by atoms with Crippen molar-refractivity contribution in [2.75, 3.05) is 45.5 Å². The normalized spacial score (nSPS) is 23.4. The molecule has 0 spiro atoms. The number of sulfonamides is 1. The number of piperazine rings is 1. The molecule has 118 valence electrons. The predicted octanol–water partition coefficient (Wildman–Crippen LogP) is 0.876. The summed E-state index contributed by atoms with van der Waals surface area (Å²) in [6, 6.07) is 0.718. The van der Waals surface area contributed by atoms with E-state index in [4.69, 9.17) is 0 Å². The molecule has 0 radical (unpaired) electrons. The second-order valence-corrected chi connectivity index (χ2v) is 8.09. The minimum atomic E-state index is -3.03. The van der Waals surface area contributed by atoms with Gasteiger partial charge >= 0.3 is 0 Å². The minimum Gasteiger partial charge on any atom is -0.320 e. The van der Waals surface area contributed by atoms with Gasteiger partial charge in [-0.1, -0.05) is 12.8 Å². The van der Waals surface area contributed by atoms with Gasteiger partial charge in [0.1, 0.15) is 0 Å². The Morgan fingerprint density at radius 2 is 1.70 bits per heavy atom. The van der Waals surface area contributed by atoms with E-state index >= 15 is 0 Å². The molecule has 6 heteroatoms. The number of hydrogen-bond donors (Lipinski definition) is 1. The summed E-state index contributed by atoms with van der Waals surface area (Å²) in [5.74, 6) is 0.304. The largest absolute Gasteiger partial charge is 0.320 e. The zero-order valence-electron chi connectivity index (χ0n) is 12.7. The van der Waals surface area contributed by atoms with Crippen molar-refractivity contribution in [2.45, 2.75) is 44.6 Å². The summed E-state index contributed by atoms with van der Waals surface area (Å²) in [4.78, 5) is 2.50. The summed E-state index contributed by atoms with van der Waals surface area (Å²) in [5.41, 5.74) is 0. The topological polar surface area (TPSA) is 52.7 Å². The van der Waals surface area contributed by atoms with Crippen LogP contribution in [0, 0.1) is 0 Å². The molecule has 0 aromatic rings. The molecule has 20 heavy (non-hydrogen) atoms. The van der Waals surface area contributed by atoms with Crippen LogP contribution in [0.3, 0.4) is 0 Å². The quantitative estimate of drug-likeness (QED) is 0.709. The van der Waals surface area contributed by atoms with Crippen molar-refractivity contribution in [1.29, 1.82) is 0 Å². The summed E-state index contributed by atoms with van der Waals surface area (Å²) >= 11 is 0. The maximum Gasteiger partial charge on any atom is 0.214 e. The Hall–Kier alpha value is -0.170. The van der Waals surface area contributed by atoms with E-state index in [1.165, 1.54) is 25.7 Å². The van der Waals surface area contributed by atoms with Gasteiger partial charge in [0.25, 0.3) is 0 Å². The molecule has 1 heterocycles. The molecule has 0 unspecified atom stereocenters. The third-order valence-corrected chi connectivity index (χ3v) is 6.54. The first-order chi connectivity index (χ1) is 9.63. The van der Waals surface area contributed by atoms with Crippen molar-refractivity contribution in [1.82, 2.24) is 14.5 Å². The molecule has 0 aromatic carbocycles. The van der Waals surface area contributed by atoms with Crippen molar-refractivity contribution >= 4 is 10.0 Å². The zero-order valence-corrected chi connectivity index (χ0v) is 13.5. The van der Waals surface area contributed by atoms with Crippen molar-refractivity contribution < 1.29 is 8.42 Å². The molecule has 2 fully saturated rings. The van der Waals surface area contributed by atoms with Gasteiger partial charge < -0.3 is 5.32 Å². The highest BCUT2D eigenvalue weighted by atomic mass is 32.2. The van der Waals surface area contributed by atoms with Gasteiger partial charge in [-0.15, -0.1) is 0 Å². The molecule has 0 atom stereocenters. The highest BCUT2D eigenvalue weighted by molar-refractivity contribution is 7.89. The standard InChI is InChI=1S/C14H29N3O2S/c1-15-8-4-5-13-20(18,19)17-11-9-16(10-12-17)14-6-2-3-7-14/h14-15H,2-13H2,1H3. The molecule has 2 rings (SSSR count). The highest BCUT2D eigenvalue weighted by Gasteiger charge is 2.30. The van der Waals surface area contributed by atoms with Gasteiger partial charge in [0.2, 0.25) is 10.0 Å². The highest BCUT2D eigenvalue weighted by Crippen LogP contribution is 2.24. The smallest absolute Gasteiger partial charge is 0.214 e. The fourth-order valence-electron chi connectivity index (χ4n) is 3.33. The van der Waals surface area contributed by atoms with Crippen LogP contribution in [0.5, 0.6) is 0 Å². The predicted molar refractivity (Wildman–Crippen MR) is 82.3 cm³/mol. The second-order valence-electron chi connectivity index (χ2n) is 6.00. The lowest BCUT2D eigenvalue weighted by molar-refractivity contribution is 0.139. The van der Waals surface area contributed by atoms with Crippen LogP contribution < -0.4 is 5.32 Å². The van der Waals surface area contributed by atoms with E-state index in [-0.39, 0.29) is 0 Å². The molecule has 0 amide bonds. The fraction of sp³-hybridized carbons (Fsp3) is 1.00. The lowest BCUT2D eigenvalue weighted by atomic mass is 10.2. The number of unbranched alkanes of at least 4 members (excludes halogenated alkanes) is 1. The molecule has 1 N–H and O–H groups in total. The van der Waals surface area contributed by atoms with Crippen LogP contribution in [-0.2, 0) is 10.0 Å². The third-order valence-electron chi connectivity index (χ3n) is 4.59. The molecule has 2 aliphatic rings. The van der Waals surface area contributed by atoms with Crippen LogP contribution >= 0.6 is 0 Å². The van der Waals surface area contributed by atoms with Crippen molar-refractivity contribution in [3.05, 3.63) is 0 Å². The number of rotatable bonds is 7. The van der Waals surface area contributed by atoms with Gasteiger partial charge in [0.15, 0.2) is 0 Å². The Morgan fingerprint density at radius 3 is 2.30 bits per heavy atom. The summed E-state index contributed by atoms with van der Waals surface area (Å²) in [5, 5.41) is 3.06. The van der Waals surface area contributed by atoms with Gasteiger partial charge in [-0.05, 0) is 39.3 Å². The van der Waals surface area contributed by atoms with Gasteiger partial charge in [-0.2, -0.15) is 4.31 Å². The Kier molecular flexibility index (Phi) is 6.26. The average Bonchev–Trinajstić information content (AvgIpc) is 2.98. The van der Waals surface area contributed by atoms with Crippen LogP contribution in [-0.4, -0.2) is 69.2 Å². The van der Waals surface area contributed by atoms with Crippen molar-refractivity contribution in [3.8, 4) is 0 Å². The lowest BCUT2D eigenvalue weighted by Gasteiger charge is -2.37. The fourth-order valence-corrected chi connectivity index (χ4v) is 4.88. The molecule has 1 saturated heterocycles. The van der Waals surface area contributed by atoms with Crippen molar-refractivity contribution in [2.24, 2.45) is 0 Å². The van der Waals surface area contributed by atoms with Gasteiger partial charge in [-0.3, -0.25) is 4.90 Å². The van der Waals surface area contributed by atoms with Crippen LogP contribution in [0.25, 0.3) is 0 Å². The van der Waals surface area contributed by atoms with E-state index in [0.29, 0.717) is 18.8 Å². The summed E-state index contributed by atoms with van der Waals surface area (Å²) in [6.45, 7) is 4.10. The molecular formula is C14H29N3O2S. The van der Waals surface area contributed by atoms with E-state index < -0.39 is 10.0 Å². The first-order valence-electron chi connectivity index (χ1n) is 8.00. The Bertz CT molecular complexity index is 372. The maximum absolute atomic E-state index is 12.3. The molecule has 1 aliphatic carbocycles. The van der Waals surface area contributed by atoms with Crippen LogP contribution in [0.1, 0.15) is 38.5 Å². The Labute approximate surface area is 123 Å². The van der Waals surface area contributed by atoms with Crippen LogP contribution in [0.4, 0.5) is 0 Å². The molecule has 1 aliphatic heterocycles. The van der Waals surface area contributed by atoms with E-state index in [2.05, 4.69) is 10.2 Å². The SMILES string of the molecule is CNCCCCS(=O)(=O)N1CCN(C2CCCC2)CC1. The third kappa shape index (κ3) is 4.41. The average molecular weight is 303 g/mol. The van der Waals surface area contributed by atoms with E-state index in [1.807, 2.05) is 7.05 Å².